The molecule has 1 aliphatic carbocycles. The van der Waals surface area contributed by atoms with Crippen LogP contribution in [0.4, 0.5) is 4.79 Å². The Morgan fingerprint density at radius 1 is 1.09 bits per heavy atom. The van der Waals surface area contributed by atoms with Crippen LogP contribution in [0, 0.1) is 5.92 Å². The summed E-state index contributed by atoms with van der Waals surface area (Å²) in [6.07, 6.45) is -0.332. The van der Waals surface area contributed by atoms with Gasteiger partial charge in [0.25, 0.3) is 0 Å². The highest BCUT2D eigenvalue weighted by molar-refractivity contribution is 5.86. The van der Waals surface area contributed by atoms with Gasteiger partial charge in [0.1, 0.15) is 18.6 Å². The summed E-state index contributed by atoms with van der Waals surface area (Å²) in [5.41, 5.74) is 4.49. The molecule has 0 bridgehead atoms. The molecule has 2 unspecified atom stereocenters. The van der Waals surface area contributed by atoms with E-state index in [1.54, 1.807) is 14.0 Å². The highest BCUT2D eigenvalue weighted by Gasteiger charge is 2.40. The van der Waals surface area contributed by atoms with Crippen LogP contribution in [0.2, 0.25) is 0 Å². The average Bonchev–Trinajstić information content (AvgIpc) is 3.44. The zero-order chi connectivity index (χ0) is 23.5. The number of aliphatic carboxylic acids is 1. The molecule has 2 N–H and O–H groups in total. The Morgan fingerprint density at radius 2 is 1.70 bits per heavy atom. The van der Waals surface area contributed by atoms with E-state index >= 15 is 0 Å². The predicted molar refractivity (Wildman–Crippen MR) is 121 cm³/mol. The van der Waals surface area contributed by atoms with Gasteiger partial charge >= 0.3 is 12.1 Å². The molecule has 4 rings (SSSR count). The summed E-state index contributed by atoms with van der Waals surface area (Å²) in [4.78, 5) is 38.4. The fourth-order valence-corrected chi connectivity index (χ4v) is 4.69. The lowest BCUT2D eigenvalue weighted by atomic mass is 9.98. The minimum Gasteiger partial charge on any atom is -0.481 e. The second-order valence-electron chi connectivity index (χ2n) is 8.43. The normalized spacial score (nSPS) is 19.9. The first kappa shape index (κ1) is 22.8. The third kappa shape index (κ3) is 4.43. The van der Waals surface area contributed by atoms with Gasteiger partial charge in [0.05, 0.1) is 19.3 Å². The van der Waals surface area contributed by atoms with Crippen molar-refractivity contribution in [2.24, 2.45) is 5.92 Å². The van der Waals surface area contributed by atoms with Crippen LogP contribution < -0.4 is 5.32 Å². The summed E-state index contributed by atoms with van der Waals surface area (Å²) in [5.74, 6) is -2.23. The van der Waals surface area contributed by atoms with Crippen molar-refractivity contribution in [2.45, 2.75) is 31.3 Å². The molecule has 1 fully saturated rings. The number of ether oxygens (including phenoxy) is 2. The second-order valence-corrected chi connectivity index (χ2v) is 8.43. The predicted octanol–water partition coefficient (Wildman–Crippen LogP) is 2.86. The molecule has 0 aromatic heterocycles. The molecule has 3 atom stereocenters. The number of likely N-dealkylation sites (N-methyl/N-ethyl adjacent to an activating group) is 1. The van der Waals surface area contributed by atoms with Crippen molar-refractivity contribution in [3.63, 3.8) is 0 Å². The number of benzene rings is 2. The summed E-state index contributed by atoms with van der Waals surface area (Å²) in [5, 5.41) is 12.0. The monoisotopic (exact) mass is 452 g/mol. The number of fused-ring (bicyclic) bond motifs is 3. The van der Waals surface area contributed by atoms with E-state index in [1.807, 2.05) is 36.4 Å². The molecule has 33 heavy (non-hydrogen) atoms. The molecule has 0 radical (unpaired) electrons. The lowest BCUT2D eigenvalue weighted by Gasteiger charge is -2.30. The second kappa shape index (κ2) is 9.62. The fourth-order valence-electron chi connectivity index (χ4n) is 4.69. The first-order valence-corrected chi connectivity index (χ1v) is 11.1. The third-order valence-corrected chi connectivity index (χ3v) is 6.55. The molecule has 2 aromatic rings. The van der Waals surface area contributed by atoms with Gasteiger partial charge in [0.2, 0.25) is 5.91 Å². The summed E-state index contributed by atoms with van der Waals surface area (Å²) < 4.78 is 10.8. The molecule has 2 amide bonds. The van der Waals surface area contributed by atoms with Crippen LogP contribution >= 0.6 is 0 Å². The Morgan fingerprint density at radius 3 is 2.27 bits per heavy atom. The molecule has 1 heterocycles. The number of carboxylic acid groups (broad SMARTS) is 1. The van der Waals surface area contributed by atoms with E-state index in [9.17, 15) is 19.5 Å². The van der Waals surface area contributed by atoms with Crippen LogP contribution in [0.3, 0.4) is 0 Å². The van der Waals surface area contributed by atoms with Gasteiger partial charge in [-0.3, -0.25) is 9.59 Å². The third-order valence-electron chi connectivity index (χ3n) is 6.55. The maximum atomic E-state index is 13.0. The number of nitrogens with one attached hydrogen (secondary N) is 1. The highest BCUT2D eigenvalue weighted by Crippen LogP contribution is 2.44. The number of carboxylic acids is 1. The van der Waals surface area contributed by atoms with Crippen LogP contribution in [0.15, 0.2) is 48.5 Å². The number of alkyl carbamates (subject to hydrolysis) is 1. The molecule has 1 aliphatic heterocycles. The summed E-state index contributed by atoms with van der Waals surface area (Å²) in [6, 6.07) is 14.7. The lowest BCUT2D eigenvalue weighted by Crippen LogP contribution is -2.52. The van der Waals surface area contributed by atoms with E-state index in [4.69, 9.17) is 9.47 Å². The maximum Gasteiger partial charge on any atom is 0.407 e. The highest BCUT2D eigenvalue weighted by atomic mass is 16.5. The van der Waals surface area contributed by atoms with E-state index in [2.05, 4.69) is 17.4 Å². The topological polar surface area (TPSA) is 105 Å². The van der Waals surface area contributed by atoms with Crippen LogP contribution in [-0.2, 0) is 19.1 Å². The molecule has 174 valence electrons. The SMILES string of the molecule is CC[C@H](NC(=O)OCC1c2ccccc2-c2ccccc21)C(=O)N(C)C1COCC1C(=O)O. The van der Waals surface area contributed by atoms with Gasteiger partial charge in [-0.2, -0.15) is 0 Å². The quantitative estimate of drug-likeness (QED) is 0.669. The maximum absolute atomic E-state index is 13.0. The van der Waals surface area contributed by atoms with Crippen molar-refractivity contribution >= 4 is 18.0 Å². The number of rotatable bonds is 7. The standard InChI is InChI=1S/C25H28N2O6/c1-3-21(23(28)27(2)22-14-32-12-20(22)24(29)30)26-25(31)33-13-19-17-10-6-4-8-15(17)16-9-5-7-11-18(16)19/h4-11,19-22H,3,12-14H2,1-2H3,(H,26,31)(H,29,30)/t20?,21-,22?/m0/s1. The van der Waals surface area contributed by atoms with E-state index < -0.39 is 30.1 Å². The summed E-state index contributed by atoms with van der Waals surface area (Å²) >= 11 is 0. The minimum absolute atomic E-state index is 0.0637. The van der Waals surface area contributed by atoms with Gasteiger partial charge in [0, 0.05) is 13.0 Å². The number of hydrogen-bond acceptors (Lipinski definition) is 5. The first-order chi connectivity index (χ1) is 15.9. The number of amides is 2. The van der Waals surface area contributed by atoms with Crippen LogP contribution in [0.1, 0.15) is 30.4 Å². The number of hydrogen-bond donors (Lipinski definition) is 2. The lowest BCUT2D eigenvalue weighted by molar-refractivity contribution is -0.145. The Labute approximate surface area is 192 Å². The number of carbonyl (C=O) groups is 3. The Hall–Kier alpha value is -3.39. The molecule has 8 heteroatoms. The molecule has 0 spiro atoms. The molecule has 2 aromatic carbocycles. The van der Waals surface area contributed by atoms with Gasteiger partial charge in [-0.05, 0) is 28.7 Å². The first-order valence-electron chi connectivity index (χ1n) is 11.1. The number of nitrogens with zero attached hydrogens (tertiary/aromatic N) is 1. The van der Waals surface area contributed by atoms with Gasteiger partial charge in [-0.1, -0.05) is 55.5 Å². The van der Waals surface area contributed by atoms with E-state index in [1.165, 1.54) is 4.90 Å². The molecular formula is C25H28N2O6. The van der Waals surface area contributed by atoms with Crippen molar-refractivity contribution in [3.05, 3.63) is 59.7 Å². The summed E-state index contributed by atoms with van der Waals surface area (Å²) in [6.45, 7) is 2.15. The zero-order valence-electron chi connectivity index (χ0n) is 18.7. The molecule has 1 saturated heterocycles. The van der Waals surface area contributed by atoms with Crippen LogP contribution in [0.5, 0.6) is 0 Å². The van der Waals surface area contributed by atoms with Crippen LogP contribution in [-0.4, -0.2) is 66.9 Å². The smallest absolute Gasteiger partial charge is 0.407 e. The Bertz CT molecular complexity index is 1010. The zero-order valence-corrected chi connectivity index (χ0v) is 18.7. The van der Waals surface area contributed by atoms with Gasteiger partial charge < -0.3 is 24.8 Å². The Kier molecular flexibility index (Phi) is 6.65. The van der Waals surface area contributed by atoms with Gasteiger partial charge in [-0.25, -0.2) is 4.79 Å². The molecular weight excluding hydrogens is 424 g/mol. The molecule has 2 aliphatic rings. The minimum atomic E-state index is -1.00. The molecule has 0 saturated carbocycles. The molecule has 8 nitrogen and oxygen atoms in total. The van der Waals surface area contributed by atoms with Crippen molar-refractivity contribution < 1.29 is 29.0 Å². The van der Waals surface area contributed by atoms with E-state index in [0.29, 0.717) is 6.42 Å². The van der Waals surface area contributed by atoms with E-state index in [-0.39, 0.29) is 31.6 Å². The van der Waals surface area contributed by atoms with Gasteiger partial charge in [0.15, 0.2) is 0 Å². The van der Waals surface area contributed by atoms with E-state index in [0.717, 1.165) is 22.3 Å². The average molecular weight is 453 g/mol. The van der Waals surface area contributed by atoms with Crippen molar-refractivity contribution in [3.8, 4) is 11.1 Å². The van der Waals surface area contributed by atoms with Gasteiger partial charge in [-0.15, -0.1) is 0 Å². The largest absolute Gasteiger partial charge is 0.481 e. The van der Waals surface area contributed by atoms with Crippen LogP contribution in [0.25, 0.3) is 11.1 Å². The summed E-state index contributed by atoms with van der Waals surface area (Å²) in [7, 11) is 1.54. The number of carbonyl (C=O) groups excluding carboxylic acids is 2. The Balaban J connectivity index is 1.39. The van der Waals surface area contributed by atoms with Crippen molar-refractivity contribution in [1.29, 1.82) is 0 Å². The van der Waals surface area contributed by atoms with Crippen molar-refractivity contribution in [1.82, 2.24) is 10.2 Å². The fraction of sp³-hybridized carbons (Fsp3) is 0.400. The van der Waals surface area contributed by atoms with Crippen molar-refractivity contribution in [2.75, 3.05) is 26.9 Å².